The second kappa shape index (κ2) is 15.9. The number of hydrogen-bond acceptors (Lipinski definition) is 8. The van der Waals surface area contributed by atoms with E-state index in [1.54, 1.807) is 0 Å². The van der Waals surface area contributed by atoms with Gasteiger partial charge in [-0.25, -0.2) is 19.2 Å². The highest BCUT2D eigenvalue weighted by molar-refractivity contribution is 6.47. The molecular formula is C34H36Cl6O8. The number of carbonyl (C=O) groups is 4. The lowest BCUT2D eigenvalue weighted by atomic mass is 9.57. The first-order valence-corrected chi connectivity index (χ1v) is 18.1. The molecule has 2 unspecified atom stereocenters. The van der Waals surface area contributed by atoms with Crippen LogP contribution in [0.25, 0.3) is 0 Å². The largest absolute Gasteiger partial charge is 0.462 e. The zero-order valence-electron chi connectivity index (χ0n) is 26.9. The van der Waals surface area contributed by atoms with Crippen LogP contribution in [0.15, 0.2) is 12.1 Å². The summed E-state index contributed by atoms with van der Waals surface area (Å²) in [6.45, 7) is 8.58. The number of esters is 4. The number of hydrogen-bond donors (Lipinski definition) is 0. The molecule has 0 heterocycles. The van der Waals surface area contributed by atoms with Crippen LogP contribution in [-0.2, 0) is 19.1 Å². The number of halogens is 6. The maximum absolute atomic E-state index is 13.3. The number of rotatable bonds is 12. The summed E-state index contributed by atoms with van der Waals surface area (Å²) in [6.07, 6.45) is 7.56. The first-order valence-electron chi connectivity index (χ1n) is 15.8. The van der Waals surface area contributed by atoms with Gasteiger partial charge in [-0.05, 0) is 60.5 Å². The van der Waals surface area contributed by atoms with Crippen LogP contribution in [0.5, 0.6) is 11.5 Å². The third-order valence-corrected chi connectivity index (χ3v) is 12.7. The molecule has 0 aromatic heterocycles. The second-order valence-corrected chi connectivity index (χ2v) is 14.7. The average molecular weight is 785 g/mol. The van der Waals surface area contributed by atoms with Crippen molar-refractivity contribution < 1.29 is 38.1 Å². The van der Waals surface area contributed by atoms with Crippen LogP contribution in [0.3, 0.4) is 0 Å². The molecule has 14 heteroatoms. The first-order chi connectivity index (χ1) is 22.7. The van der Waals surface area contributed by atoms with Gasteiger partial charge < -0.3 is 18.9 Å². The zero-order valence-corrected chi connectivity index (χ0v) is 31.4. The predicted octanol–water partition coefficient (Wildman–Crippen LogP) is 10.9. The first kappa shape index (κ1) is 38.9. The van der Waals surface area contributed by atoms with Gasteiger partial charge >= 0.3 is 23.9 Å². The van der Waals surface area contributed by atoms with Crippen LogP contribution in [0.1, 0.15) is 99.8 Å². The summed E-state index contributed by atoms with van der Waals surface area (Å²) < 4.78 is 21.6. The van der Waals surface area contributed by atoms with Crippen LogP contribution in [-0.4, -0.2) is 37.1 Å². The van der Waals surface area contributed by atoms with E-state index in [0.717, 1.165) is 63.5 Å². The Labute approximate surface area is 309 Å². The van der Waals surface area contributed by atoms with Crippen LogP contribution in [0, 0.1) is 22.7 Å². The van der Waals surface area contributed by atoms with Crippen molar-refractivity contribution in [3.63, 3.8) is 0 Å². The highest BCUT2D eigenvalue weighted by Gasteiger charge is 2.45. The van der Waals surface area contributed by atoms with Crippen molar-refractivity contribution in [3.8, 4) is 11.5 Å². The highest BCUT2D eigenvalue weighted by atomic mass is 35.5. The van der Waals surface area contributed by atoms with Crippen molar-refractivity contribution in [1.82, 2.24) is 0 Å². The summed E-state index contributed by atoms with van der Waals surface area (Å²) in [5.41, 5.74) is -0.759. The molecule has 4 rings (SSSR count). The van der Waals surface area contributed by atoms with Crippen molar-refractivity contribution in [2.24, 2.45) is 22.7 Å². The molecule has 0 spiro atoms. The van der Waals surface area contributed by atoms with Gasteiger partial charge in [0.15, 0.2) is 11.5 Å². The lowest BCUT2D eigenvalue weighted by Crippen LogP contribution is -2.42. The van der Waals surface area contributed by atoms with Gasteiger partial charge in [-0.1, -0.05) is 123 Å². The highest BCUT2D eigenvalue weighted by Crippen LogP contribution is 2.53. The summed E-state index contributed by atoms with van der Waals surface area (Å²) in [5.74, 6) is -6.04. The van der Waals surface area contributed by atoms with Crippen LogP contribution in [0.2, 0.25) is 30.1 Å². The fourth-order valence-corrected chi connectivity index (χ4v) is 8.32. The monoisotopic (exact) mass is 782 g/mol. The molecule has 2 aliphatic carbocycles. The summed E-state index contributed by atoms with van der Waals surface area (Å²) in [5, 5.41) is -1.43. The van der Waals surface area contributed by atoms with Gasteiger partial charge in [-0.2, -0.15) is 0 Å². The number of benzene rings is 2. The molecule has 0 saturated heterocycles. The molecule has 8 nitrogen and oxygen atoms in total. The molecule has 0 bridgehead atoms. The average Bonchev–Trinajstić information content (AvgIpc) is 3.03. The minimum Gasteiger partial charge on any atom is -0.462 e. The lowest BCUT2D eigenvalue weighted by Gasteiger charge is -2.48. The predicted molar refractivity (Wildman–Crippen MR) is 186 cm³/mol. The molecule has 0 N–H and O–H groups in total. The number of carbonyl (C=O) groups excluding carboxylic acids is 4. The van der Waals surface area contributed by atoms with Crippen LogP contribution < -0.4 is 9.47 Å². The van der Waals surface area contributed by atoms with E-state index in [1.165, 1.54) is 0 Å². The Bertz CT molecular complexity index is 1470. The van der Waals surface area contributed by atoms with E-state index in [4.69, 9.17) is 88.6 Å². The van der Waals surface area contributed by atoms with Gasteiger partial charge in [0, 0.05) is 0 Å². The van der Waals surface area contributed by atoms with E-state index >= 15 is 0 Å². The molecule has 2 saturated carbocycles. The molecule has 2 fully saturated rings. The van der Waals surface area contributed by atoms with E-state index < -0.39 is 46.5 Å². The molecule has 2 atom stereocenters. The van der Waals surface area contributed by atoms with E-state index in [2.05, 4.69) is 27.7 Å². The zero-order chi connectivity index (χ0) is 35.6. The van der Waals surface area contributed by atoms with Gasteiger partial charge in [0.1, 0.15) is 11.1 Å². The van der Waals surface area contributed by atoms with E-state index in [0.29, 0.717) is 0 Å². The van der Waals surface area contributed by atoms with E-state index in [-0.39, 0.29) is 66.0 Å². The molecular weight excluding hydrogens is 749 g/mol. The Morgan fingerprint density at radius 3 is 1.21 bits per heavy atom. The minimum atomic E-state index is -1.63. The molecule has 0 radical (unpaired) electrons. The Hall–Kier alpha value is -1.94. The summed E-state index contributed by atoms with van der Waals surface area (Å²) in [7, 11) is 0. The lowest BCUT2D eigenvalue weighted by molar-refractivity contribution is -0.156. The maximum atomic E-state index is 13.3. The third-order valence-electron chi connectivity index (χ3n) is 10.6. The van der Waals surface area contributed by atoms with Crippen molar-refractivity contribution in [2.75, 3.05) is 13.2 Å². The maximum Gasteiger partial charge on any atom is 0.423 e. The van der Waals surface area contributed by atoms with E-state index in [9.17, 15) is 19.2 Å². The SMILES string of the molecule is CCC1(CC)CCC1COC(=O)c1c(Cl)c(Cl)cc(Cl)c1OC(=O)C(=O)Oc1c(Cl)cc(Cl)c(Cl)c1C(=O)OCC1CCC1(CC)CC. The molecule has 0 aliphatic heterocycles. The summed E-state index contributed by atoms with van der Waals surface area (Å²) >= 11 is 37.7. The smallest absolute Gasteiger partial charge is 0.423 e. The topological polar surface area (TPSA) is 105 Å². The van der Waals surface area contributed by atoms with Gasteiger partial charge in [0.05, 0.1) is 43.3 Å². The molecule has 2 aromatic carbocycles. The fourth-order valence-electron chi connectivity index (χ4n) is 6.88. The van der Waals surface area contributed by atoms with E-state index in [1.807, 2.05) is 0 Å². The van der Waals surface area contributed by atoms with Crippen molar-refractivity contribution in [3.05, 3.63) is 53.4 Å². The molecule has 48 heavy (non-hydrogen) atoms. The Balaban J connectivity index is 1.54. The van der Waals surface area contributed by atoms with Crippen LogP contribution >= 0.6 is 69.6 Å². The van der Waals surface area contributed by atoms with Crippen molar-refractivity contribution in [1.29, 1.82) is 0 Å². The molecule has 0 amide bonds. The summed E-state index contributed by atoms with van der Waals surface area (Å²) in [4.78, 5) is 52.7. The third kappa shape index (κ3) is 7.54. The van der Waals surface area contributed by atoms with Crippen molar-refractivity contribution >= 4 is 93.5 Å². The Morgan fingerprint density at radius 1 is 0.604 bits per heavy atom. The summed E-state index contributed by atoms with van der Waals surface area (Å²) in [6, 6.07) is 2.28. The van der Waals surface area contributed by atoms with Crippen LogP contribution in [0.4, 0.5) is 0 Å². The second-order valence-electron chi connectivity index (χ2n) is 12.3. The fraction of sp³-hybridized carbons (Fsp3) is 0.529. The quantitative estimate of drug-likeness (QED) is 0.0907. The van der Waals surface area contributed by atoms with Crippen molar-refractivity contribution in [2.45, 2.75) is 79.1 Å². The van der Waals surface area contributed by atoms with Gasteiger partial charge in [-0.15, -0.1) is 0 Å². The van der Waals surface area contributed by atoms with Gasteiger partial charge in [-0.3, -0.25) is 0 Å². The van der Waals surface area contributed by atoms with Gasteiger partial charge in [0.25, 0.3) is 0 Å². The molecule has 262 valence electrons. The number of ether oxygens (including phenoxy) is 4. The Kier molecular flexibility index (Phi) is 12.9. The molecule has 2 aromatic rings. The van der Waals surface area contributed by atoms with Gasteiger partial charge in [0.2, 0.25) is 0 Å². The molecule has 2 aliphatic rings. The standard InChI is InChI=1S/C34H36Cl6O8/c1-5-33(6-2)11-9-17(33)15-45-29(41)23-25(39)19(35)13-21(37)27(23)47-31(43)32(44)48-28-22(38)14-20(36)26(40)24(28)30(42)46-16-18-10-12-34(18,7-3)8-4/h13-14,17-18H,5-12,15-16H2,1-4H3. The Morgan fingerprint density at radius 2 is 0.938 bits per heavy atom. The minimum absolute atomic E-state index is 0.0685. The normalized spacial score (nSPS) is 19.0.